The Hall–Kier alpha value is -2.62. The van der Waals surface area contributed by atoms with Gasteiger partial charge in [-0.2, -0.15) is 0 Å². The van der Waals surface area contributed by atoms with Crippen molar-refractivity contribution in [1.29, 1.82) is 0 Å². The van der Waals surface area contributed by atoms with Gasteiger partial charge in [0, 0.05) is 75.4 Å². The van der Waals surface area contributed by atoms with Crippen molar-refractivity contribution < 1.29 is 10.0 Å². The second-order valence-corrected chi connectivity index (χ2v) is 8.57. The first-order valence-electron chi connectivity index (χ1n) is 10.4. The summed E-state index contributed by atoms with van der Waals surface area (Å²) in [7, 11) is 2.05. The first-order valence-corrected chi connectivity index (χ1v) is 11.4. The van der Waals surface area contributed by atoms with Crippen molar-refractivity contribution in [3.63, 3.8) is 0 Å². The molecule has 1 amide bonds. The van der Waals surface area contributed by atoms with Crippen molar-refractivity contribution in [2.75, 3.05) is 47.7 Å². The van der Waals surface area contributed by atoms with Crippen molar-refractivity contribution >= 4 is 51.8 Å². The molecule has 9 nitrogen and oxygen atoms in total. The van der Waals surface area contributed by atoms with Gasteiger partial charge < -0.3 is 14.4 Å². The molecule has 4 rings (SSSR count). The van der Waals surface area contributed by atoms with E-state index in [1.807, 2.05) is 7.05 Å². The monoisotopic (exact) mass is 477 g/mol. The molecule has 1 aliphatic heterocycles. The van der Waals surface area contributed by atoms with Crippen molar-refractivity contribution in [2.45, 2.75) is 6.42 Å². The second kappa shape index (κ2) is 9.89. The Morgan fingerprint density at radius 1 is 1.22 bits per heavy atom. The fraction of sp³-hybridized carbons (Fsp3) is 0.429. The number of halogens is 2. The number of aromatic nitrogens is 4. The van der Waals surface area contributed by atoms with Crippen LogP contribution in [0.5, 0.6) is 0 Å². The van der Waals surface area contributed by atoms with E-state index in [-0.39, 0.29) is 5.56 Å². The van der Waals surface area contributed by atoms with Crippen LogP contribution in [0.15, 0.2) is 30.6 Å². The number of hydrogen-bond acceptors (Lipinski definition) is 7. The predicted octanol–water partition coefficient (Wildman–Crippen LogP) is 2.45. The van der Waals surface area contributed by atoms with E-state index in [1.165, 1.54) is 12.4 Å². The molecule has 2 N–H and O–H groups in total. The lowest BCUT2D eigenvalue weighted by atomic mass is 9.96. The van der Waals surface area contributed by atoms with Crippen LogP contribution in [0.2, 0.25) is 0 Å². The first kappa shape index (κ1) is 22.6. The summed E-state index contributed by atoms with van der Waals surface area (Å²) in [6, 6.07) is 6.29. The number of carbonyl (C=O) groups is 1. The molecule has 170 valence electrons. The van der Waals surface area contributed by atoms with E-state index in [0.29, 0.717) is 23.6 Å². The second-order valence-electron chi connectivity index (χ2n) is 7.81. The van der Waals surface area contributed by atoms with Gasteiger partial charge in [0.25, 0.3) is 5.91 Å². The van der Waals surface area contributed by atoms with Gasteiger partial charge in [-0.25, -0.2) is 20.4 Å². The van der Waals surface area contributed by atoms with E-state index in [0.717, 1.165) is 55.1 Å². The van der Waals surface area contributed by atoms with Crippen LogP contribution in [0, 0.1) is 5.92 Å². The zero-order chi connectivity index (χ0) is 22.7. The number of hydroxylamine groups is 1. The Balaban J connectivity index is 1.41. The fourth-order valence-corrected chi connectivity index (χ4v) is 4.39. The molecular weight excluding hydrogens is 453 g/mol. The molecule has 32 heavy (non-hydrogen) atoms. The Kier molecular flexibility index (Phi) is 6.98. The van der Waals surface area contributed by atoms with Crippen LogP contribution in [0.3, 0.4) is 0 Å². The Labute approximate surface area is 195 Å². The number of benzene rings is 1. The zero-order valence-electron chi connectivity index (χ0n) is 17.7. The molecule has 0 radical (unpaired) electrons. The number of rotatable bonds is 9. The molecule has 2 aromatic heterocycles. The normalized spacial score (nSPS) is 13.9. The summed E-state index contributed by atoms with van der Waals surface area (Å²) in [5, 5.41) is 8.68. The topological polar surface area (TPSA) is 99.4 Å². The summed E-state index contributed by atoms with van der Waals surface area (Å²) < 4.78 is 2.15. The zero-order valence-corrected chi connectivity index (χ0v) is 19.2. The standard InChI is InChI=1S/C21H25Cl2N7O2/c1-28-18-3-2-16(29(6-4-22)7-5-23)9-17(18)26-19(28)8-14-12-30(13-14)21-24-10-15(11-25-21)20(31)27-32/h2-3,9-11,14,32H,4-8,12-13H2,1H3,(H,27,31). The average molecular weight is 478 g/mol. The number of imidazole rings is 1. The average Bonchev–Trinajstić information content (AvgIpc) is 3.10. The number of nitrogens with zero attached hydrogens (tertiary/aromatic N) is 6. The highest BCUT2D eigenvalue weighted by Gasteiger charge is 2.30. The number of alkyl halides is 2. The van der Waals surface area contributed by atoms with Crippen molar-refractivity contribution in [3.05, 3.63) is 42.0 Å². The summed E-state index contributed by atoms with van der Waals surface area (Å²) in [5.74, 6) is 2.51. The Bertz CT molecular complexity index is 1080. The maximum Gasteiger partial charge on any atom is 0.277 e. The molecular formula is C21H25Cl2N7O2. The van der Waals surface area contributed by atoms with E-state index in [2.05, 4.69) is 42.5 Å². The summed E-state index contributed by atoms with van der Waals surface area (Å²) in [6.07, 6.45) is 3.67. The van der Waals surface area contributed by atoms with E-state index in [1.54, 1.807) is 5.48 Å². The minimum Gasteiger partial charge on any atom is -0.369 e. The minimum atomic E-state index is -0.628. The van der Waals surface area contributed by atoms with Gasteiger partial charge in [0.15, 0.2) is 0 Å². The first-order chi connectivity index (χ1) is 15.5. The van der Waals surface area contributed by atoms with E-state index in [4.69, 9.17) is 33.4 Å². The van der Waals surface area contributed by atoms with Gasteiger partial charge in [-0.05, 0) is 18.2 Å². The molecule has 0 bridgehead atoms. The summed E-state index contributed by atoms with van der Waals surface area (Å²) in [4.78, 5) is 28.9. The molecule has 0 aliphatic carbocycles. The highest BCUT2D eigenvalue weighted by atomic mass is 35.5. The van der Waals surface area contributed by atoms with Crippen LogP contribution < -0.4 is 15.3 Å². The Morgan fingerprint density at radius 2 is 1.91 bits per heavy atom. The molecule has 0 spiro atoms. The van der Waals surface area contributed by atoms with Gasteiger partial charge in [-0.3, -0.25) is 10.0 Å². The van der Waals surface area contributed by atoms with Crippen LogP contribution in [0.4, 0.5) is 11.6 Å². The molecule has 0 unspecified atom stereocenters. The van der Waals surface area contributed by atoms with Crippen LogP contribution in [-0.4, -0.2) is 68.6 Å². The third-order valence-corrected chi connectivity index (χ3v) is 6.08. The van der Waals surface area contributed by atoms with Gasteiger partial charge in [-0.1, -0.05) is 0 Å². The lowest BCUT2D eigenvalue weighted by molar-refractivity contribution is 0.0705. The fourth-order valence-electron chi connectivity index (χ4n) is 3.98. The van der Waals surface area contributed by atoms with Gasteiger partial charge >= 0.3 is 0 Å². The molecule has 1 fully saturated rings. The predicted molar refractivity (Wildman–Crippen MR) is 125 cm³/mol. The maximum absolute atomic E-state index is 11.4. The van der Waals surface area contributed by atoms with Crippen molar-refractivity contribution in [3.8, 4) is 0 Å². The largest absolute Gasteiger partial charge is 0.369 e. The highest BCUT2D eigenvalue weighted by molar-refractivity contribution is 6.18. The number of fused-ring (bicyclic) bond motifs is 1. The van der Waals surface area contributed by atoms with Crippen molar-refractivity contribution in [2.24, 2.45) is 13.0 Å². The number of hydrogen-bond donors (Lipinski definition) is 2. The molecule has 3 aromatic rings. The lowest BCUT2D eigenvalue weighted by Crippen LogP contribution is -2.48. The van der Waals surface area contributed by atoms with Gasteiger partial charge in [0.2, 0.25) is 5.95 Å². The lowest BCUT2D eigenvalue weighted by Gasteiger charge is -2.39. The third-order valence-electron chi connectivity index (χ3n) is 5.74. The van der Waals surface area contributed by atoms with E-state index in [9.17, 15) is 4.79 Å². The summed E-state index contributed by atoms with van der Waals surface area (Å²) in [5.41, 5.74) is 4.92. The number of anilines is 2. The molecule has 1 aliphatic rings. The van der Waals surface area contributed by atoms with Crippen LogP contribution in [0.1, 0.15) is 16.2 Å². The van der Waals surface area contributed by atoms with Crippen LogP contribution >= 0.6 is 23.2 Å². The molecule has 0 atom stereocenters. The summed E-state index contributed by atoms with van der Waals surface area (Å²) >= 11 is 11.9. The smallest absolute Gasteiger partial charge is 0.277 e. The number of carbonyl (C=O) groups excluding carboxylic acids is 1. The number of aryl methyl sites for hydroxylation is 1. The third kappa shape index (κ3) is 4.60. The van der Waals surface area contributed by atoms with E-state index < -0.39 is 5.91 Å². The van der Waals surface area contributed by atoms with Gasteiger partial charge in [-0.15, -0.1) is 23.2 Å². The van der Waals surface area contributed by atoms with E-state index >= 15 is 0 Å². The minimum absolute atomic E-state index is 0.211. The molecule has 0 saturated carbocycles. The van der Waals surface area contributed by atoms with Crippen molar-refractivity contribution in [1.82, 2.24) is 25.0 Å². The quantitative estimate of drug-likeness (QED) is 0.277. The molecule has 3 heterocycles. The number of nitrogens with one attached hydrogen (secondary N) is 1. The Morgan fingerprint density at radius 3 is 2.53 bits per heavy atom. The number of amides is 1. The van der Waals surface area contributed by atoms with Gasteiger partial charge in [0.1, 0.15) is 5.82 Å². The molecule has 1 saturated heterocycles. The molecule has 11 heteroatoms. The van der Waals surface area contributed by atoms with Crippen LogP contribution in [0.25, 0.3) is 11.0 Å². The maximum atomic E-state index is 11.4. The summed E-state index contributed by atoms with van der Waals surface area (Å²) in [6.45, 7) is 3.12. The van der Waals surface area contributed by atoms with Gasteiger partial charge in [0.05, 0.1) is 16.6 Å². The molecule has 1 aromatic carbocycles. The highest BCUT2D eigenvalue weighted by Crippen LogP contribution is 2.27. The van der Waals surface area contributed by atoms with Crippen LogP contribution in [-0.2, 0) is 13.5 Å². The SMILES string of the molecule is Cn1c(CC2CN(c3ncc(C(=O)NO)cn3)C2)nc2cc(N(CCCl)CCCl)ccc21.